The second-order valence-electron chi connectivity index (χ2n) is 3.34. The molecule has 0 bridgehead atoms. The molecule has 1 aromatic carbocycles. The van der Waals surface area contributed by atoms with E-state index in [1.165, 1.54) is 10.3 Å². The molecule has 2 nitrogen and oxygen atoms in total. The molecule has 0 aliphatic carbocycles. The van der Waals surface area contributed by atoms with Crippen molar-refractivity contribution in [1.29, 1.82) is 0 Å². The van der Waals surface area contributed by atoms with Gasteiger partial charge in [0.25, 0.3) is 0 Å². The highest BCUT2D eigenvalue weighted by molar-refractivity contribution is 7.16. The Morgan fingerprint density at radius 3 is 3.15 bits per heavy atom. The molecule has 3 heteroatoms. The number of rotatable bonds is 2. The summed E-state index contributed by atoms with van der Waals surface area (Å²) in [6.07, 6.45) is 0.938. The average molecular weight is 192 g/mol. The number of hydrogen-bond acceptors (Lipinski definition) is 3. The van der Waals surface area contributed by atoms with E-state index in [1.807, 2.05) is 12.4 Å². The summed E-state index contributed by atoms with van der Waals surface area (Å²) in [5, 5.41) is 0. The van der Waals surface area contributed by atoms with Gasteiger partial charge < -0.3 is 5.73 Å². The molecule has 1 heterocycles. The summed E-state index contributed by atoms with van der Waals surface area (Å²) in [5.74, 6) is 0. The highest BCUT2D eigenvalue weighted by atomic mass is 32.1. The Morgan fingerprint density at radius 2 is 2.38 bits per heavy atom. The van der Waals surface area contributed by atoms with Crippen LogP contribution in [0.25, 0.3) is 10.2 Å². The molecule has 0 radical (unpaired) electrons. The molecule has 2 rings (SSSR count). The molecule has 0 fully saturated rings. The first-order valence-electron chi connectivity index (χ1n) is 4.33. The lowest BCUT2D eigenvalue weighted by Gasteiger charge is -2.04. The standard InChI is InChI=1S/C10H12N2S/c1-7(11)4-8-2-3-9-10(5-8)13-6-12-9/h2-3,5-7H,4,11H2,1H3/t7-/m0/s1. The molecule has 0 aliphatic rings. The molecule has 13 heavy (non-hydrogen) atoms. The Morgan fingerprint density at radius 1 is 1.54 bits per heavy atom. The molecule has 0 saturated carbocycles. The lowest BCUT2D eigenvalue weighted by Crippen LogP contribution is -2.17. The van der Waals surface area contributed by atoms with Crippen LogP contribution in [-0.4, -0.2) is 11.0 Å². The largest absolute Gasteiger partial charge is 0.328 e. The van der Waals surface area contributed by atoms with Crippen molar-refractivity contribution >= 4 is 21.6 Å². The SMILES string of the molecule is C[C@H](N)Cc1ccc2ncsc2c1. The molecule has 1 aromatic heterocycles. The first kappa shape index (κ1) is 8.66. The summed E-state index contributed by atoms with van der Waals surface area (Å²) in [6, 6.07) is 6.57. The quantitative estimate of drug-likeness (QED) is 0.792. The van der Waals surface area contributed by atoms with Crippen molar-refractivity contribution in [2.24, 2.45) is 5.73 Å². The van der Waals surface area contributed by atoms with Crippen LogP contribution in [0.2, 0.25) is 0 Å². The number of thiazole rings is 1. The van der Waals surface area contributed by atoms with Gasteiger partial charge in [0.05, 0.1) is 15.7 Å². The van der Waals surface area contributed by atoms with Crippen molar-refractivity contribution in [2.45, 2.75) is 19.4 Å². The molecule has 68 valence electrons. The van der Waals surface area contributed by atoms with Gasteiger partial charge in [0.2, 0.25) is 0 Å². The van der Waals surface area contributed by atoms with E-state index in [4.69, 9.17) is 5.73 Å². The number of hydrogen-bond donors (Lipinski definition) is 1. The molecule has 0 aliphatic heterocycles. The fourth-order valence-corrected chi connectivity index (χ4v) is 2.14. The van der Waals surface area contributed by atoms with E-state index in [1.54, 1.807) is 11.3 Å². The topological polar surface area (TPSA) is 38.9 Å². The fraction of sp³-hybridized carbons (Fsp3) is 0.300. The Kier molecular flexibility index (Phi) is 2.29. The van der Waals surface area contributed by atoms with Gasteiger partial charge in [-0.1, -0.05) is 6.07 Å². The molecule has 0 unspecified atom stereocenters. The van der Waals surface area contributed by atoms with Crippen LogP contribution in [-0.2, 0) is 6.42 Å². The van der Waals surface area contributed by atoms with Crippen LogP contribution in [0.1, 0.15) is 12.5 Å². The number of nitrogens with zero attached hydrogens (tertiary/aromatic N) is 1. The van der Waals surface area contributed by atoms with Gasteiger partial charge in [0, 0.05) is 6.04 Å². The average Bonchev–Trinajstić information content (AvgIpc) is 2.49. The van der Waals surface area contributed by atoms with Gasteiger partial charge in [-0.2, -0.15) is 0 Å². The van der Waals surface area contributed by atoms with Gasteiger partial charge in [-0.05, 0) is 31.0 Å². The zero-order valence-electron chi connectivity index (χ0n) is 7.53. The van der Waals surface area contributed by atoms with Crippen molar-refractivity contribution in [3.05, 3.63) is 29.3 Å². The molecule has 0 saturated heterocycles. The Hall–Kier alpha value is -0.930. The Balaban J connectivity index is 2.37. The van der Waals surface area contributed by atoms with E-state index in [0.717, 1.165) is 11.9 Å². The smallest absolute Gasteiger partial charge is 0.0812 e. The molecule has 2 aromatic rings. The van der Waals surface area contributed by atoms with Crippen LogP contribution in [0.5, 0.6) is 0 Å². The van der Waals surface area contributed by atoms with Crippen molar-refractivity contribution in [3.8, 4) is 0 Å². The number of fused-ring (bicyclic) bond motifs is 1. The third-order valence-electron chi connectivity index (χ3n) is 1.95. The van der Waals surface area contributed by atoms with Crippen molar-refractivity contribution < 1.29 is 0 Å². The summed E-state index contributed by atoms with van der Waals surface area (Å²) < 4.78 is 1.25. The minimum atomic E-state index is 0.227. The highest BCUT2D eigenvalue weighted by Gasteiger charge is 2.00. The minimum Gasteiger partial charge on any atom is -0.328 e. The number of aromatic nitrogens is 1. The maximum atomic E-state index is 5.73. The van der Waals surface area contributed by atoms with Gasteiger partial charge in [0.1, 0.15) is 0 Å². The number of benzene rings is 1. The van der Waals surface area contributed by atoms with Gasteiger partial charge >= 0.3 is 0 Å². The molecular weight excluding hydrogens is 180 g/mol. The predicted octanol–water partition coefficient (Wildman–Crippen LogP) is 2.19. The zero-order valence-corrected chi connectivity index (χ0v) is 8.34. The lowest BCUT2D eigenvalue weighted by molar-refractivity contribution is 0.739. The molecule has 1 atom stereocenters. The van der Waals surface area contributed by atoms with E-state index in [9.17, 15) is 0 Å². The highest BCUT2D eigenvalue weighted by Crippen LogP contribution is 2.19. The summed E-state index contributed by atoms with van der Waals surface area (Å²) in [7, 11) is 0. The van der Waals surface area contributed by atoms with Crippen LogP contribution in [0, 0.1) is 0 Å². The third-order valence-corrected chi connectivity index (χ3v) is 2.75. The van der Waals surface area contributed by atoms with Crippen LogP contribution >= 0.6 is 11.3 Å². The molecule has 2 N–H and O–H groups in total. The van der Waals surface area contributed by atoms with Gasteiger partial charge in [-0.15, -0.1) is 11.3 Å². The first-order chi connectivity index (χ1) is 6.25. The van der Waals surface area contributed by atoms with Gasteiger partial charge in [-0.25, -0.2) is 4.98 Å². The molecule has 0 amide bonds. The second-order valence-corrected chi connectivity index (χ2v) is 4.22. The van der Waals surface area contributed by atoms with E-state index in [-0.39, 0.29) is 6.04 Å². The van der Waals surface area contributed by atoms with Crippen molar-refractivity contribution in [3.63, 3.8) is 0 Å². The maximum absolute atomic E-state index is 5.73. The van der Waals surface area contributed by atoms with E-state index >= 15 is 0 Å². The Bertz CT molecular complexity index is 406. The monoisotopic (exact) mass is 192 g/mol. The number of nitrogens with two attached hydrogens (primary N) is 1. The summed E-state index contributed by atoms with van der Waals surface area (Å²) in [4.78, 5) is 4.23. The van der Waals surface area contributed by atoms with Gasteiger partial charge in [-0.3, -0.25) is 0 Å². The minimum absolute atomic E-state index is 0.227. The summed E-state index contributed by atoms with van der Waals surface area (Å²) in [5.41, 5.74) is 9.99. The summed E-state index contributed by atoms with van der Waals surface area (Å²) >= 11 is 1.68. The normalized spacial score (nSPS) is 13.4. The fourth-order valence-electron chi connectivity index (χ4n) is 1.40. The van der Waals surface area contributed by atoms with Crippen LogP contribution in [0.4, 0.5) is 0 Å². The van der Waals surface area contributed by atoms with Crippen molar-refractivity contribution in [1.82, 2.24) is 4.98 Å². The molecule has 0 spiro atoms. The zero-order chi connectivity index (χ0) is 9.26. The first-order valence-corrected chi connectivity index (χ1v) is 5.21. The van der Waals surface area contributed by atoms with Crippen molar-refractivity contribution in [2.75, 3.05) is 0 Å². The maximum Gasteiger partial charge on any atom is 0.0812 e. The van der Waals surface area contributed by atoms with Crippen LogP contribution in [0.3, 0.4) is 0 Å². The third kappa shape index (κ3) is 1.87. The Labute approximate surface area is 81.4 Å². The van der Waals surface area contributed by atoms with Gasteiger partial charge in [0.15, 0.2) is 0 Å². The lowest BCUT2D eigenvalue weighted by atomic mass is 10.1. The van der Waals surface area contributed by atoms with E-state index in [0.29, 0.717) is 0 Å². The van der Waals surface area contributed by atoms with Crippen LogP contribution in [0.15, 0.2) is 23.7 Å². The van der Waals surface area contributed by atoms with Crippen LogP contribution < -0.4 is 5.73 Å². The van der Waals surface area contributed by atoms with E-state index in [2.05, 4.69) is 23.2 Å². The summed E-state index contributed by atoms with van der Waals surface area (Å²) in [6.45, 7) is 2.02. The van der Waals surface area contributed by atoms with E-state index < -0.39 is 0 Å². The predicted molar refractivity (Wildman–Crippen MR) is 57.0 cm³/mol. The molecular formula is C10H12N2S. The second kappa shape index (κ2) is 3.44.